The van der Waals surface area contributed by atoms with Crippen LogP contribution in [0.3, 0.4) is 0 Å². The standard InChI is InChI=1S/C21H26N2O2S2/c1-12-5-8-15(9-6-12)14(3)22-21(26)23-19-18(20(24)25-4)16-10-7-13(2)11-17(16)27-19/h5-6,8-9,13-14H,7,10-11H2,1-4H3,(H2,22,23,26). The summed E-state index contributed by atoms with van der Waals surface area (Å²) in [5.41, 5.74) is 4.17. The first kappa shape index (κ1) is 19.8. The molecule has 0 spiro atoms. The Morgan fingerprint density at radius 2 is 2.04 bits per heavy atom. The fraction of sp³-hybridized carbons (Fsp3) is 0.429. The number of methoxy groups -OCH3 is 1. The molecule has 0 saturated carbocycles. The number of benzene rings is 1. The van der Waals surface area contributed by atoms with E-state index in [2.05, 4.69) is 55.7 Å². The molecular weight excluding hydrogens is 376 g/mol. The van der Waals surface area contributed by atoms with Gasteiger partial charge in [0.25, 0.3) is 0 Å². The highest BCUT2D eigenvalue weighted by Crippen LogP contribution is 2.40. The molecule has 1 aliphatic rings. The smallest absolute Gasteiger partial charge is 0.341 e. The molecule has 2 N–H and O–H groups in total. The van der Waals surface area contributed by atoms with Gasteiger partial charge >= 0.3 is 5.97 Å². The summed E-state index contributed by atoms with van der Waals surface area (Å²) in [6.07, 6.45) is 3.02. The number of carbonyl (C=O) groups excluding carboxylic acids is 1. The molecule has 1 aliphatic carbocycles. The highest BCUT2D eigenvalue weighted by molar-refractivity contribution is 7.80. The van der Waals surface area contributed by atoms with E-state index in [1.165, 1.54) is 17.6 Å². The van der Waals surface area contributed by atoms with Gasteiger partial charge in [-0.05, 0) is 62.4 Å². The van der Waals surface area contributed by atoms with E-state index < -0.39 is 0 Å². The maximum Gasteiger partial charge on any atom is 0.341 e. The van der Waals surface area contributed by atoms with E-state index in [-0.39, 0.29) is 12.0 Å². The fourth-order valence-electron chi connectivity index (χ4n) is 3.43. The maximum atomic E-state index is 12.4. The lowest BCUT2D eigenvalue weighted by Crippen LogP contribution is -2.31. The number of carbonyl (C=O) groups is 1. The van der Waals surface area contributed by atoms with Crippen molar-refractivity contribution in [2.75, 3.05) is 12.4 Å². The second-order valence-corrected chi connectivity index (χ2v) is 8.79. The molecule has 0 amide bonds. The average Bonchev–Trinajstić information content (AvgIpc) is 2.98. The van der Waals surface area contributed by atoms with E-state index in [1.807, 2.05) is 0 Å². The van der Waals surface area contributed by atoms with Crippen LogP contribution in [-0.4, -0.2) is 18.2 Å². The van der Waals surface area contributed by atoms with Gasteiger partial charge in [-0.1, -0.05) is 36.8 Å². The number of esters is 1. The van der Waals surface area contributed by atoms with Gasteiger partial charge in [-0.15, -0.1) is 11.3 Å². The van der Waals surface area contributed by atoms with E-state index in [1.54, 1.807) is 11.3 Å². The lowest BCUT2D eigenvalue weighted by molar-refractivity contribution is 0.0601. The third-order valence-electron chi connectivity index (χ3n) is 5.05. The summed E-state index contributed by atoms with van der Waals surface area (Å²) in [4.78, 5) is 13.7. The average molecular weight is 403 g/mol. The summed E-state index contributed by atoms with van der Waals surface area (Å²) in [7, 11) is 1.43. The van der Waals surface area contributed by atoms with Crippen LogP contribution in [0.15, 0.2) is 24.3 Å². The van der Waals surface area contributed by atoms with E-state index in [9.17, 15) is 4.79 Å². The van der Waals surface area contributed by atoms with Crippen molar-refractivity contribution in [1.29, 1.82) is 0 Å². The highest BCUT2D eigenvalue weighted by Gasteiger charge is 2.28. The highest BCUT2D eigenvalue weighted by atomic mass is 32.1. The second kappa shape index (κ2) is 8.40. The Kier molecular flexibility index (Phi) is 6.17. The van der Waals surface area contributed by atoms with Crippen LogP contribution in [-0.2, 0) is 17.6 Å². The van der Waals surface area contributed by atoms with Crippen LogP contribution in [0, 0.1) is 12.8 Å². The Morgan fingerprint density at radius 3 is 2.70 bits per heavy atom. The first-order chi connectivity index (χ1) is 12.9. The molecule has 0 aliphatic heterocycles. The summed E-state index contributed by atoms with van der Waals surface area (Å²) >= 11 is 7.14. The van der Waals surface area contributed by atoms with Crippen LogP contribution in [0.2, 0.25) is 0 Å². The lowest BCUT2D eigenvalue weighted by atomic mass is 9.88. The van der Waals surface area contributed by atoms with E-state index in [0.29, 0.717) is 16.6 Å². The molecule has 6 heteroatoms. The van der Waals surface area contributed by atoms with Crippen molar-refractivity contribution in [2.24, 2.45) is 5.92 Å². The van der Waals surface area contributed by atoms with E-state index in [4.69, 9.17) is 17.0 Å². The Morgan fingerprint density at radius 1 is 1.33 bits per heavy atom. The summed E-state index contributed by atoms with van der Waals surface area (Å²) < 4.78 is 5.04. The van der Waals surface area contributed by atoms with Crippen molar-refractivity contribution in [1.82, 2.24) is 5.32 Å². The molecule has 1 heterocycles. The number of thiocarbonyl (C=S) groups is 1. The number of nitrogens with one attached hydrogen (secondary N) is 2. The van der Waals surface area contributed by atoms with Gasteiger partial charge < -0.3 is 15.4 Å². The molecule has 2 aromatic rings. The van der Waals surface area contributed by atoms with Crippen molar-refractivity contribution >= 4 is 39.6 Å². The molecule has 2 atom stereocenters. The predicted octanol–water partition coefficient (Wildman–Crippen LogP) is 5.02. The summed E-state index contributed by atoms with van der Waals surface area (Å²) in [5, 5.41) is 7.86. The van der Waals surface area contributed by atoms with Crippen LogP contribution in [0.1, 0.15) is 58.2 Å². The number of fused-ring (bicyclic) bond motifs is 1. The molecule has 4 nitrogen and oxygen atoms in total. The van der Waals surface area contributed by atoms with Gasteiger partial charge in [0, 0.05) is 4.88 Å². The first-order valence-corrected chi connectivity index (χ1v) is 10.5. The molecule has 2 unspecified atom stereocenters. The number of anilines is 1. The summed E-state index contributed by atoms with van der Waals surface area (Å²) in [6, 6.07) is 8.45. The van der Waals surface area contributed by atoms with Gasteiger partial charge in [0.2, 0.25) is 0 Å². The number of rotatable bonds is 4. The Hall–Kier alpha value is -1.92. The largest absolute Gasteiger partial charge is 0.465 e. The van der Waals surface area contributed by atoms with Gasteiger partial charge in [0.15, 0.2) is 5.11 Å². The van der Waals surface area contributed by atoms with Crippen molar-refractivity contribution in [3.8, 4) is 0 Å². The first-order valence-electron chi connectivity index (χ1n) is 9.26. The molecule has 0 saturated heterocycles. The molecule has 144 valence electrons. The van der Waals surface area contributed by atoms with Gasteiger partial charge in [0.1, 0.15) is 5.00 Å². The summed E-state index contributed by atoms with van der Waals surface area (Å²) in [5.74, 6) is 0.347. The van der Waals surface area contributed by atoms with Gasteiger partial charge in [-0.2, -0.15) is 0 Å². The SMILES string of the molecule is COC(=O)c1c(NC(=S)NC(C)c2ccc(C)cc2)sc2c1CCC(C)C2. The topological polar surface area (TPSA) is 50.4 Å². The van der Waals surface area contributed by atoms with E-state index in [0.717, 1.165) is 35.4 Å². The van der Waals surface area contributed by atoms with Crippen molar-refractivity contribution in [3.05, 3.63) is 51.4 Å². The van der Waals surface area contributed by atoms with Crippen LogP contribution in [0.25, 0.3) is 0 Å². The predicted molar refractivity (Wildman–Crippen MR) is 116 cm³/mol. The third-order valence-corrected chi connectivity index (χ3v) is 6.44. The van der Waals surface area contributed by atoms with Crippen molar-refractivity contribution in [2.45, 2.75) is 46.1 Å². The number of ether oxygens (including phenoxy) is 1. The van der Waals surface area contributed by atoms with Gasteiger partial charge in [-0.3, -0.25) is 0 Å². The number of thiophene rings is 1. The zero-order chi connectivity index (χ0) is 19.6. The van der Waals surface area contributed by atoms with Crippen molar-refractivity contribution in [3.63, 3.8) is 0 Å². The molecule has 0 fully saturated rings. The van der Waals surface area contributed by atoms with Crippen LogP contribution in [0.5, 0.6) is 0 Å². The molecule has 3 rings (SSSR count). The molecule has 0 bridgehead atoms. The maximum absolute atomic E-state index is 12.4. The normalized spacial score (nSPS) is 17.0. The Bertz CT molecular complexity index is 843. The Balaban J connectivity index is 1.77. The summed E-state index contributed by atoms with van der Waals surface area (Å²) in [6.45, 7) is 6.39. The monoisotopic (exact) mass is 402 g/mol. The number of hydrogen-bond donors (Lipinski definition) is 2. The fourth-order valence-corrected chi connectivity index (χ4v) is 5.18. The second-order valence-electron chi connectivity index (χ2n) is 7.28. The van der Waals surface area contributed by atoms with Crippen LogP contribution in [0.4, 0.5) is 5.00 Å². The minimum Gasteiger partial charge on any atom is -0.465 e. The van der Waals surface area contributed by atoms with Crippen LogP contribution < -0.4 is 10.6 Å². The third kappa shape index (κ3) is 4.50. The number of aryl methyl sites for hydroxylation is 1. The minimum atomic E-state index is -0.293. The zero-order valence-corrected chi connectivity index (χ0v) is 17.9. The van der Waals surface area contributed by atoms with Gasteiger partial charge in [-0.25, -0.2) is 4.79 Å². The lowest BCUT2D eigenvalue weighted by Gasteiger charge is -2.18. The van der Waals surface area contributed by atoms with Crippen molar-refractivity contribution < 1.29 is 9.53 Å². The zero-order valence-electron chi connectivity index (χ0n) is 16.2. The molecule has 0 radical (unpaired) electrons. The minimum absolute atomic E-state index is 0.0711. The quantitative estimate of drug-likeness (QED) is 0.556. The molecule has 1 aromatic carbocycles. The van der Waals surface area contributed by atoms with Gasteiger partial charge in [0.05, 0.1) is 18.7 Å². The van der Waals surface area contributed by atoms with Crippen LogP contribution >= 0.6 is 23.6 Å². The molecule has 27 heavy (non-hydrogen) atoms. The number of hydrogen-bond acceptors (Lipinski definition) is 4. The van der Waals surface area contributed by atoms with E-state index >= 15 is 0 Å². The molecule has 1 aromatic heterocycles. The molecular formula is C21H26N2O2S2. The Labute approximate surface area is 170 Å².